The fraction of sp³-hybridized carbons (Fsp3) is 0.167. The van der Waals surface area contributed by atoms with Gasteiger partial charge in [0.1, 0.15) is 11.5 Å². The van der Waals surface area contributed by atoms with E-state index >= 15 is 0 Å². The number of nitrogens with zero attached hydrogens (tertiary/aromatic N) is 2. The molecule has 1 N–H and O–H groups in total. The lowest BCUT2D eigenvalue weighted by molar-refractivity contribution is 0.101. The number of para-hydroxylation sites is 2. The lowest BCUT2D eigenvalue weighted by Crippen LogP contribution is -2.16. The summed E-state index contributed by atoms with van der Waals surface area (Å²) in [5.41, 5.74) is 1.64. The summed E-state index contributed by atoms with van der Waals surface area (Å²) in [7, 11) is 4.41. The van der Waals surface area contributed by atoms with Crippen molar-refractivity contribution in [3.8, 4) is 17.4 Å². The van der Waals surface area contributed by atoms with Crippen LogP contribution in [0.15, 0.2) is 36.4 Å². The van der Waals surface area contributed by atoms with Gasteiger partial charge in [-0.2, -0.15) is 0 Å². The Balaban J connectivity index is 2.00. The quantitative estimate of drug-likeness (QED) is 0.736. The van der Waals surface area contributed by atoms with Gasteiger partial charge in [-0.25, -0.2) is 9.97 Å². The maximum atomic E-state index is 12.7. The van der Waals surface area contributed by atoms with Gasteiger partial charge in [0.05, 0.1) is 43.1 Å². The lowest BCUT2D eigenvalue weighted by Gasteiger charge is -2.14. The Morgan fingerprint density at radius 2 is 1.62 bits per heavy atom. The van der Waals surface area contributed by atoms with Gasteiger partial charge < -0.3 is 19.5 Å². The standard InChI is InChI=1S/C18H16ClN3O4/c1-24-14-9-15(25-2)13(8-10(14)19)21-17(23)16-18(26-3)22-12-7-5-4-6-11(12)20-16/h4-9H,1-3H3,(H,21,23). The Morgan fingerprint density at radius 1 is 0.962 bits per heavy atom. The van der Waals surface area contributed by atoms with Crippen LogP contribution in [-0.2, 0) is 0 Å². The summed E-state index contributed by atoms with van der Waals surface area (Å²) in [5.74, 6) is 0.455. The van der Waals surface area contributed by atoms with Crippen molar-refractivity contribution in [3.63, 3.8) is 0 Å². The van der Waals surface area contributed by atoms with Crippen molar-refractivity contribution in [2.45, 2.75) is 0 Å². The average Bonchev–Trinajstić information content (AvgIpc) is 2.67. The second-order valence-corrected chi connectivity index (χ2v) is 5.62. The van der Waals surface area contributed by atoms with Crippen LogP contribution in [-0.4, -0.2) is 37.2 Å². The highest BCUT2D eigenvalue weighted by atomic mass is 35.5. The van der Waals surface area contributed by atoms with Gasteiger partial charge in [0.2, 0.25) is 5.88 Å². The van der Waals surface area contributed by atoms with Gasteiger partial charge in [0, 0.05) is 6.07 Å². The van der Waals surface area contributed by atoms with E-state index in [4.69, 9.17) is 25.8 Å². The third-order valence-electron chi connectivity index (χ3n) is 3.67. The summed E-state index contributed by atoms with van der Waals surface area (Å²) >= 11 is 6.14. The fourth-order valence-electron chi connectivity index (χ4n) is 2.41. The van der Waals surface area contributed by atoms with E-state index in [0.29, 0.717) is 33.2 Å². The molecule has 0 aliphatic heterocycles. The molecule has 0 atom stereocenters. The first-order chi connectivity index (χ1) is 12.6. The number of rotatable bonds is 5. The van der Waals surface area contributed by atoms with Crippen LogP contribution in [0.3, 0.4) is 0 Å². The van der Waals surface area contributed by atoms with Crippen molar-refractivity contribution in [2.75, 3.05) is 26.6 Å². The Kier molecular flexibility index (Phi) is 5.09. The molecular formula is C18H16ClN3O4. The van der Waals surface area contributed by atoms with Crippen LogP contribution in [0, 0.1) is 0 Å². The van der Waals surface area contributed by atoms with E-state index < -0.39 is 5.91 Å². The molecule has 0 saturated heterocycles. The topological polar surface area (TPSA) is 82.6 Å². The third-order valence-corrected chi connectivity index (χ3v) is 3.96. The second kappa shape index (κ2) is 7.45. The number of fused-ring (bicyclic) bond motifs is 1. The molecule has 134 valence electrons. The molecule has 0 fully saturated rings. The minimum absolute atomic E-state index is 0.0557. The SMILES string of the molecule is COc1cc(OC)c(NC(=O)c2nc3ccccc3nc2OC)cc1Cl. The number of benzene rings is 2. The Morgan fingerprint density at radius 3 is 2.23 bits per heavy atom. The van der Waals surface area contributed by atoms with Gasteiger partial charge >= 0.3 is 0 Å². The van der Waals surface area contributed by atoms with Crippen LogP contribution >= 0.6 is 11.6 Å². The first-order valence-electron chi connectivity index (χ1n) is 7.61. The molecule has 0 bridgehead atoms. The number of hydrogen-bond acceptors (Lipinski definition) is 6. The Bertz CT molecular complexity index is 978. The predicted molar refractivity (Wildman–Crippen MR) is 98.6 cm³/mol. The van der Waals surface area contributed by atoms with E-state index in [1.165, 1.54) is 27.4 Å². The molecule has 3 rings (SSSR count). The normalized spacial score (nSPS) is 10.5. The van der Waals surface area contributed by atoms with Crippen LogP contribution in [0.25, 0.3) is 11.0 Å². The van der Waals surface area contributed by atoms with E-state index in [1.54, 1.807) is 18.2 Å². The smallest absolute Gasteiger partial charge is 0.280 e. The van der Waals surface area contributed by atoms with Gasteiger partial charge in [-0.3, -0.25) is 4.79 Å². The molecule has 2 aromatic carbocycles. The Hall–Kier alpha value is -3.06. The summed E-state index contributed by atoms with van der Waals surface area (Å²) < 4.78 is 15.7. The number of carbonyl (C=O) groups is 1. The second-order valence-electron chi connectivity index (χ2n) is 5.21. The van der Waals surface area contributed by atoms with Crippen molar-refractivity contribution in [1.29, 1.82) is 0 Å². The van der Waals surface area contributed by atoms with Crippen molar-refractivity contribution >= 4 is 34.2 Å². The molecule has 26 heavy (non-hydrogen) atoms. The number of aromatic nitrogens is 2. The van der Waals surface area contributed by atoms with E-state index in [2.05, 4.69) is 15.3 Å². The van der Waals surface area contributed by atoms with E-state index in [0.717, 1.165) is 0 Å². The molecule has 0 saturated carbocycles. The van der Waals surface area contributed by atoms with E-state index in [1.807, 2.05) is 12.1 Å². The number of ether oxygens (including phenoxy) is 3. The summed E-state index contributed by atoms with van der Waals surface area (Å²) in [6.07, 6.45) is 0. The molecule has 3 aromatic rings. The third kappa shape index (κ3) is 3.34. The van der Waals surface area contributed by atoms with Gasteiger partial charge in [-0.1, -0.05) is 23.7 Å². The van der Waals surface area contributed by atoms with Gasteiger partial charge in [0.25, 0.3) is 5.91 Å². The number of nitrogens with one attached hydrogen (secondary N) is 1. The number of amides is 1. The highest BCUT2D eigenvalue weighted by molar-refractivity contribution is 6.32. The number of halogens is 1. The molecule has 0 aliphatic carbocycles. The molecule has 1 amide bonds. The van der Waals surface area contributed by atoms with Crippen molar-refractivity contribution in [2.24, 2.45) is 0 Å². The minimum atomic E-state index is -0.500. The zero-order valence-electron chi connectivity index (χ0n) is 14.4. The molecule has 1 heterocycles. The van der Waals surface area contributed by atoms with Gasteiger partial charge in [0.15, 0.2) is 5.69 Å². The van der Waals surface area contributed by atoms with Gasteiger partial charge in [-0.15, -0.1) is 0 Å². The van der Waals surface area contributed by atoms with Crippen molar-refractivity contribution in [1.82, 2.24) is 9.97 Å². The van der Waals surface area contributed by atoms with Crippen molar-refractivity contribution < 1.29 is 19.0 Å². The zero-order chi connectivity index (χ0) is 18.7. The fourth-order valence-corrected chi connectivity index (χ4v) is 2.65. The summed E-state index contributed by atoms with van der Waals surface area (Å²) in [6.45, 7) is 0. The molecular weight excluding hydrogens is 358 g/mol. The Labute approximate surface area is 154 Å². The van der Waals surface area contributed by atoms with Gasteiger partial charge in [-0.05, 0) is 18.2 Å². The average molecular weight is 374 g/mol. The molecule has 0 radical (unpaired) electrons. The summed E-state index contributed by atoms with van der Waals surface area (Å²) in [5, 5.41) is 3.06. The number of anilines is 1. The van der Waals surface area contributed by atoms with Crippen molar-refractivity contribution in [3.05, 3.63) is 47.1 Å². The maximum Gasteiger partial charge on any atom is 0.280 e. The molecule has 0 spiro atoms. The lowest BCUT2D eigenvalue weighted by atomic mass is 10.2. The number of hydrogen-bond donors (Lipinski definition) is 1. The van der Waals surface area contributed by atoms with Crippen LogP contribution in [0.4, 0.5) is 5.69 Å². The minimum Gasteiger partial charge on any atom is -0.495 e. The highest BCUT2D eigenvalue weighted by Gasteiger charge is 2.20. The number of methoxy groups -OCH3 is 3. The monoisotopic (exact) mass is 373 g/mol. The molecule has 8 heteroatoms. The van der Waals surface area contributed by atoms with Crippen LogP contribution in [0.1, 0.15) is 10.5 Å². The highest BCUT2D eigenvalue weighted by Crippen LogP contribution is 2.36. The van der Waals surface area contributed by atoms with E-state index in [9.17, 15) is 4.79 Å². The van der Waals surface area contributed by atoms with E-state index in [-0.39, 0.29) is 11.6 Å². The first kappa shape index (κ1) is 17.8. The molecule has 0 aliphatic rings. The molecule has 1 aromatic heterocycles. The van der Waals surface area contributed by atoms with Crippen LogP contribution < -0.4 is 19.5 Å². The maximum absolute atomic E-state index is 12.7. The first-order valence-corrected chi connectivity index (χ1v) is 7.98. The zero-order valence-corrected chi connectivity index (χ0v) is 15.1. The largest absolute Gasteiger partial charge is 0.495 e. The summed E-state index contributed by atoms with van der Waals surface area (Å²) in [4.78, 5) is 21.4. The van der Waals surface area contributed by atoms with Crippen LogP contribution in [0.5, 0.6) is 17.4 Å². The number of carbonyl (C=O) groups excluding carboxylic acids is 1. The predicted octanol–water partition coefficient (Wildman–Crippen LogP) is 3.56. The van der Waals surface area contributed by atoms with Crippen LogP contribution in [0.2, 0.25) is 5.02 Å². The summed E-state index contributed by atoms with van der Waals surface area (Å²) in [6, 6.07) is 10.3. The molecule has 0 unspecified atom stereocenters. The molecule has 7 nitrogen and oxygen atoms in total.